The second-order valence-electron chi connectivity index (χ2n) is 7.89. The quantitative estimate of drug-likeness (QED) is 0.918. The van der Waals surface area contributed by atoms with Crippen LogP contribution in [0.3, 0.4) is 0 Å². The average molecular weight is 342 g/mol. The Hall–Kier alpha value is -1.88. The van der Waals surface area contributed by atoms with Crippen molar-refractivity contribution in [3.63, 3.8) is 0 Å². The first-order valence-electron chi connectivity index (χ1n) is 9.38. The Bertz CT molecular complexity index is 675. The van der Waals surface area contributed by atoms with Gasteiger partial charge in [0.1, 0.15) is 0 Å². The SMILES string of the molecule is CN(C(=O)c1cccc(N2CCCC2=O)c1)C1C[C@H]2CC(O)C[C@H]2C1. The smallest absolute Gasteiger partial charge is 0.253 e. The van der Waals surface area contributed by atoms with Gasteiger partial charge in [-0.25, -0.2) is 0 Å². The van der Waals surface area contributed by atoms with Gasteiger partial charge in [-0.15, -0.1) is 0 Å². The first kappa shape index (κ1) is 16.6. The van der Waals surface area contributed by atoms with Crippen molar-refractivity contribution in [2.45, 2.75) is 50.7 Å². The standard InChI is InChI=1S/C20H26N2O3/c1-21(17-9-14-11-18(23)12-15(14)10-17)20(25)13-4-2-5-16(8-13)22-7-3-6-19(22)24/h2,4-5,8,14-15,17-18,23H,3,6-7,9-12H2,1H3/t14-,15+,17?,18?. The predicted molar refractivity (Wildman–Crippen MR) is 95.4 cm³/mol. The van der Waals surface area contributed by atoms with Crippen molar-refractivity contribution in [3.05, 3.63) is 29.8 Å². The molecule has 1 N–H and O–H groups in total. The first-order valence-corrected chi connectivity index (χ1v) is 9.38. The largest absolute Gasteiger partial charge is 0.393 e. The number of aliphatic hydroxyl groups excluding tert-OH is 1. The molecule has 25 heavy (non-hydrogen) atoms. The summed E-state index contributed by atoms with van der Waals surface area (Å²) in [4.78, 5) is 28.5. The van der Waals surface area contributed by atoms with E-state index in [0.29, 0.717) is 23.8 Å². The average Bonchev–Trinajstić information content (AvgIpc) is 3.28. The monoisotopic (exact) mass is 342 g/mol. The molecule has 4 atom stereocenters. The molecule has 0 bridgehead atoms. The highest BCUT2D eigenvalue weighted by Crippen LogP contribution is 2.45. The van der Waals surface area contributed by atoms with Crippen molar-refractivity contribution in [1.29, 1.82) is 0 Å². The second-order valence-corrected chi connectivity index (χ2v) is 7.89. The molecule has 5 nitrogen and oxygen atoms in total. The van der Waals surface area contributed by atoms with Crippen LogP contribution >= 0.6 is 0 Å². The zero-order valence-electron chi connectivity index (χ0n) is 14.7. The lowest BCUT2D eigenvalue weighted by Crippen LogP contribution is -2.36. The summed E-state index contributed by atoms with van der Waals surface area (Å²) in [6.45, 7) is 0.737. The molecule has 0 aromatic heterocycles. The summed E-state index contributed by atoms with van der Waals surface area (Å²) < 4.78 is 0. The van der Waals surface area contributed by atoms with Crippen LogP contribution in [0.15, 0.2) is 24.3 Å². The van der Waals surface area contributed by atoms with Crippen molar-refractivity contribution in [1.82, 2.24) is 4.90 Å². The van der Waals surface area contributed by atoms with Gasteiger partial charge in [0.25, 0.3) is 5.91 Å². The highest BCUT2D eigenvalue weighted by molar-refractivity contribution is 5.99. The second kappa shape index (κ2) is 6.45. The fraction of sp³-hybridized carbons (Fsp3) is 0.600. The van der Waals surface area contributed by atoms with E-state index in [9.17, 15) is 14.7 Å². The van der Waals surface area contributed by atoms with E-state index in [1.165, 1.54) is 0 Å². The van der Waals surface area contributed by atoms with Gasteiger partial charge in [-0.05, 0) is 62.1 Å². The van der Waals surface area contributed by atoms with Gasteiger partial charge in [0.15, 0.2) is 0 Å². The molecular weight excluding hydrogens is 316 g/mol. The third-order valence-corrected chi connectivity index (χ3v) is 6.31. The molecule has 5 heteroatoms. The Morgan fingerprint density at radius 1 is 1.20 bits per heavy atom. The van der Waals surface area contributed by atoms with E-state index in [-0.39, 0.29) is 24.0 Å². The Morgan fingerprint density at radius 2 is 1.92 bits per heavy atom. The molecule has 1 aromatic carbocycles. The molecule has 134 valence electrons. The van der Waals surface area contributed by atoms with Crippen LogP contribution in [0.5, 0.6) is 0 Å². The summed E-state index contributed by atoms with van der Waals surface area (Å²) in [5.41, 5.74) is 1.48. The van der Waals surface area contributed by atoms with Crippen molar-refractivity contribution in [2.75, 3.05) is 18.5 Å². The van der Waals surface area contributed by atoms with E-state index in [4.69, 9.17) is 0 Å². The van der Waals surface area contributed by atoms with Gasteiger partial charge in [-0.2, -0.15) is 0 Å². The Morgan fingerprint density at radius 3 is 2.56 bits per heavy atom. The zero-order chi connectivity index (χ0) is 17.6. The number of hydrogen-bond acceptors (Lipinski definition) is 3. The summed E-state index contributed by atoms with van der Waals surface area (Å²) in [6, 6.07) is 7.71. The number of carbonyl (C=O) groups excluding carboxylic acids is 2. The fourth-order valence-electron chi connectivity index (χ4n) is 4.97. The molecule has 2 saturated carbocycles. The Kier molecular flexibility index (Phi) is 4.28. The lowest BCUT2D eigenvalue weighted by molar-refractivity contribution is -0.117. The van der Waals surface area contributed by atoms with Crippen LogP contribution in [-0.4, -0.2) is 47.6 Å². The van der Waals surface area contributed by atoms with Crippen LogP contribution in [0.1, 0.15) is 48.9 Å². The van der Waals surface area contributed by atoms with Gasteiger partial charge in [0.2, 0.25) is 5.91 Å². The van der Waals surface area contributed by atoms with Crippen LogP contribution < -0.4 is 4.90 Å². The van der Waals surface area contributed by atoms with Gasteiger partial charge >= 0.3 is 0 Å². The zero-order valence-corrected chi connectivity index (χ0v) is 14.7. The van der Waals surface area contributed by atoms with Gasteiger partial charge in [0.05, 0.1) is 6.10 Å². The minimum atomic E-state index is -0.147. The number of nitrogens with zero attached hydrogens (tertiary/aromatic N) is 2. The van der Waals surface area contributed by atoms with Crippen molar-refractivity contribution >= 4 is 17.5 Å². The molecule has 1 aliphatic heterocycles. The number of carbonyl (C=O) groups is 2. The number of aliphatic hydroxyl groups is 1. The molecule has 1 heterocycles. The lowest BCUT2D eigenvalue weighted by atomic mass is 10.0. The number of hydrogen-bond donors (Lipinski definition) is 1. The molecule has 0 radical (unpaired) electrons. The fourth-order valence-corrected chi connectivity index (χ4v) is 4.97. The molecule has 3 fully saturated rings. The van der Waals surface area contributed by atoms with E-state index in [1.54, 1.807) is 4.90 Å². The number of benzene rings is 1. The minimum Gasteiger partial charge on any atom is -0.393 e. The Balaban J connectivity index is 1.47. The normalized spacial score (nSPS) is 31.4. The molecule has 4 rings (SSSR count). The van der Waals surface area contributed by atoms with E-state index in [2.05, 4.69) is 0 Å². The van der Waals surface area contributed by atoms with E-state index >= 15 is 0 Å². The molecular formula is C20H26N2O3. The number of fused-ring (bicyclic) bond motifs is 1. The maximum absolute atomic E-state index is 12.9. The van der Waals surface area contributed by atoms with Gasteiger partial charge in [-0.3, -0.25) is 9.59 Å². The Labute approximate surface area is 148 Å². The molecule has 2 unspecified atom stereocenters. The highest BCUT2D eigenvalue weighted by Gasteiger charge is 2.43. The summed E-state index contributed by atoms with van der Waals surface area (Å²) in [7, 11) is 1.89. The summed E-state index contributed by atoms with van der Waals surface area (Å²) in [5, 5.41) is 9.79. The number of amides is 2. The van der Waals surface area contributed by atoms with E-state index < -0.39 is 0 Å². The minimum absolute atomic E-state index is 0.0269. The summed E-state index contributed by atoms with van der Waals surface area (Å²) >= 11 is 0. The summed E-state index contributed by atoms with van der Waals surface area (Å²) in [6.07, 6.45) is 5.09. The summed E-state index contributed by atoms with van der Waals surface area (Å²) in [5.74, 6) is 1.28. The van der Waals surface area contributed by atoms with Crippen LogP contribution in [0.2, 0.25) is 0 Å². The molecule has 3 aliphatic rings. The molecule has 2 aliphatic carbocycles. The van der Waals surface area contributed by atoms with E-state index in [0.717, 1.165) is 44.3 Å². The first-order chi connectivity index (χ1) is 12.0. The topological polar surface area (TPSA) is 60.9 Å². The third-order valence-electron chi connectivity index (χ3n) is 6.31. The van der Waals surface area contributed by atoms with Crippen molar-refractivity contribution in [2.24, 2.45) is 11.8 Å². The number of rotatable bonds is 3. The van der Waals surface area contributed by atoms with Crippen molar-refractivity contribution < 1.29 is 14.7 Å². The van der Waals surface area contributed by atoms with Crippen LogP contribution in [-0.2, 0) is 4.79 Å². The number of anilines is 1. The highest BCUT2D eigenvalue weighted by atomic mass is 16.3. The van der Waals surface area contributed by atoms with E-state index in [1.807, 2.05) is 36.2 Å². The third kappa shape index (κ3) is 3.06. The molecule has 1 aromatic rings. The van der Waals surface area contributed by atoms with Crippen molar-refractivity contribution in [3.8, 4) is 0 Å². The van der Waals surface area contributed by atoms with Crippen LogP contribution in [0, 0.1) is 11.8 Å². The van der Waals surface area contributed by atoms with Gasteiger partial charge < -0.3 is 14.9 Å². The predicted octanol–water partition coefficient (Wildman–Crippen LogP) is 2.43. The molecule has 1 saturated heterocycles. The molecule has 0 spiro atoms. The van der Waals surface area contributed by atoms with Gasteiger partial charge in [0, 0.05) is 37.3 Å². The van der Waals surface area contributed by atoms with Crippen LogP contribution in [0.25, 0.3) is 0 Å². The van der Waals surface area contributed by atoms with Gasteiger partial charge in [-0.1, -0.05) is 6.07 Å². The lowest BCUT2D eigenvalue weighted by Gasteiger charge is -2.26. The maximum Gasteiger partial charge on any atom is 0.253 e. The molecule has 2 amide bonds. The maximum atomic E-state index is 12.9. The van der Waals surface area contributed by atoms with Crippen LogP contribution in [0.4, 0.5) is 5.69 Å².